The summed E-state index contributed by atoms with van der Waals surface area (Å²) in [6, 6.07) is 5.52. The van der Waals surface area contributed by atoms with E-state index >= 15 is 0 Å². The molecule has 3 aromatic heterocycles. The summed E-state index contributed by atoms with van der Waals surface area (Å²) < 4.78 is 1.50. The smallest absolute Gasteiger partial charge is 0.272 e. The van der Waals surface area contributed by atoms with Gasteiger partial charge in [-0.25, -0.2) is 19.5 Å². The second kappa shape index (κ2) is 5.74. The Kier molecular flexibility index (Phi) is 3.55. The van der Waals surface area contributed by atoms with Gasteiger partial charge in [0.1, 0.15) is 11.6 Å². The van der Waals surface area contributed by atoms with Gasteiger partial charge in [-0.15, -0.1) is 0 Å². The van der Waals surface area contributed by atoms with E-state index in [0.29, 0.717) is 11.6 Å². The Morgan fingerprint density at radius 1 is 1.17 bits per heavy atom. The number of aromatic amines is 1. The van der Waals surface area contributed by atoms with E-state index < -0.39 is 0 Å². The summed E-state index contributed by atoms with van der Waals surface area (Å²) in [6.07, 6.45) is 3.73. The molecule has 1 aliphatic heterocycles. The van der Waals surface area contributed by atoms with E-state index in [1.165, 1.54) is 4.52 Å². The second-order valence-electron chi connectivity index (χ2n) is 6.38. The average Bonchev–Trinajstić information content (AvgIpc) is 2.96. The Morgan fingerprint density at radius 2 is 1.96 bits per heavy atom. The highest BCUT2D eigenvalue weighted by Gasteiger charge is 2.23. The molecule has 7 heteroatoms. The van der Waals surface area contributed by atoms with E-state index in [1.54, 1.807) is 12.3 Å². The standard InChI is InChI=1S/C17H20N6O/c1-11-9-16-20-14(10-17(24)23(16)21-11)13-4-7-22(8-5-13)15-3-6-18-12(2)19-15/h3,6,9-10,13,21H,4-5,7-8H2,1-2H3. The first-order chi connectivity index (χ1) is 11.6. The maximum Gasteiger partial charge on any atom is 0.272 e. The lowest BCUT2D eigenvalue weighted by atomic mass is 9.93. The maximum absolute atomic E-state index is 12.2. The van der Waals surface area contributed by atoms with Gasteiger partial charge in [-0.1, -0.05) is 0 Å². The highest BCUT2D eigenvalue weighted by molar-refractivity contribution is 5.41. The molecule has 0 atom stereocenters. The third-order valence-corrected chi connectivity index (χ3v) is 4.60. The molecular formula is C17H20N6O. The molecule has 0 aliphatic carbocycles. The molecule has 0 unspecified atom stereocenters. The molecule has 24 heavy (non-hydrogen) atoms. The molecule has 1 N–H and O–H groups in total. The minimum Gasteiger partial charge on any atom is -0.356 e. The lowest BCUT2D eigenvalue weighted by Gasteiger charge is -2.32. The van der Waals surface area contributed by atoms with Crippen LogP contribution in [0.2, 0.25) is 0 Å². The van der Waals surface area contributed by atoms with Crippen molar-refractivity contribution in [3.05, 3.63) is 52.0 Å². The third kappa shape index (κ3) is 2.66. The van der Waals surface area contributed by atoms with Gasteiger partial charge in [-0.2, -0.15) is 0 Å². The summed E-state index contributed by atoms with van der Waals surface area (Å²) in [6.45, 7) is 5.65. The Hall–Kier alpha value is -2.70. The summed E-state index contributed by atoms with van der Waals surface area (Å²) >= 11 is 0. The van der Waals surface area contributed by atoms with Crippen LogP contribution in [-0.4, -0.2) is 37.7 Å². The molecule has 0 spiro atoms. The largest absolute Gasteiger partial charge is 0.356 e. The minimum absolute atomic E-state index is 0.0445. The van der Waals surface area contributed by atoms with Crippen molar-refractivity contribution in [3.63, 3.8) is 0 Å². The van der Waals surface area contributed by atoms with Crippen molar-refractivity contribution in [2.45, 2.75) is 32.6 Å². The second-order valence-corrected chi connectivity index (χ2v) is 6.38. The van der Waals surface area contributed by atoms with Crippen molar-refractivity contribution in [2.24, 2.45) is 0 Å². The molecule has 0 bridgehead atoms. The van der Waals surface area contributed by atoms with Crippen molar-refractivity contribution in [2.75, 3.05) is 18.0 Å². The zero-order valence-corrected chi connectivity index (χ0v) is 13.9. The number of fused-ring (bicyclic) bond motifs is 1. The zero-order valence-electron chi connectivity index (χ0n) is 13.9. The molecule has 4 heterocycles. The van der Waals surface area contributed by atoms with Crippen LogP contribution in [0.1, 0.15) is 36.0 Å². The van der Waals surface area contributed by atoms with Crippen molar-refractivity contribution >= 4 is 11.5 Å². The van der Waals surface area contributed by atoms with Gasteiger partial charge >= 0.3 is 0 Å². The van der Waals surface area contributed by atoms with Crippen LogP contribution in [0.3, 0.4) is 0 Å². The van der Waals surface area contributed by atoms with E-state index in [9.17, 15) is 4.79 Å². The lowest BCUT2D eigenvalue weighted by Crippen LogP contribution is -2.34. The fraction of sp³-hybridized carbons (Fsp3) is 0.412. The molecule has 0 amide bonds. The Morgan fingerprint density at radius 3 is 2.71 bits per heavy atom. The predicted molar refractivity (Wildman–Crippen MR) is 91.5 cm³/mol. The summed E-state index contributed by atoms with van der Waals surface area (Å²) in [4.78, 5) is 27.8. The molecule has 1 fully saturated rings. The van der Waals surface area contributed by atoms with Crippen molar-refractivity contribution in [1.82, 2.24) is 24.6 Å². The van der Waals surface area contributed by atoms with E-state index in [-0.39, 0.29) is 5.56 Å². The molecule has 1 saturated heterocycles. The number of rotatable bonds is 2. The molecule has 1 aliphatic rings. The minimum atomic E-state index is -0.0445. The number of hydrogen-bond donors (Lipinski definition) is 1. The van der Waals surface area contributed by atoms with Gasteiger partial charge in [0.2, 0.25) is 0 Å². The van der Waals surface area contributed by atoms with Gasteiger partial charge in [0, 0.05) is 43.0 Å². The number of aryl methyl sites for hydroxylation is 2. The Balaban J connectivity index is 1.54. The van der Waals surface area contributed by atoms with Gasteiger partial charge in [0.05, 0.1) is 5.69 Å². The monoisotopic (exact) mass is 324 g/mol. The molecule has 124 valence electrons. The normalized spacial score (nSPS) is 16.0. The first kappa shape index (κ1) is 14.9. The van der Waals surface area contributed by atoms with Crippen molar-refractivity contribution < 1.29 is 0 Å². The first-order valence-corrected chi connectivity index (χ1v) is 8.24. The average molecular weight is 324 g/mol. The summed E-state index contributed by atoms with van der Waals surface area (Å²) in [5.74, 6) is 2.08. The third-order valence-electron chi connectivity index (χ3n) is 4.60. The van der Waals surface area contributed by atoms with E-state index in [0.717, 1.165) is 49.0 Å². The number of nitrogens with one attached hydrogen (secondary N) is 1. The Labute approximate surface area is 139 Å². The molecule has 0 aromatic carbocycles. The van der Waals surface area contributed by atoms with Crippen LogP contribution in [0, 0.1) is 13.8 Å². The summed E-state index contributed by atoms with van der Waals surface area (Å²) in [5, 5.41) is 3.01. The molecule has 7 nitrogen and oxygen atoms in total. The molecular weight excluding hydrogens is 304 g/mol. The van der Waals surface area contributed by atoms with Crippen LogP contribution in [0.25, 0.3) is 5.65 Å². The molecule has 3 aromatic rings. The summed E-state index contributed by atoms with van der Waals surface area (Å²) in [5.41, 5.74) is 2.49. The number of aromatic nitrogens is 5. The highest BCUT2D eigenvalue weighted by Crippen LogP contribution is 2.28. The highest BCUT2D eigenvalue weighted by atomic mass is 16.1. The van der Waals surface area contributed by atoms with Crippen molar-refractivity contribution in [3.8, 4) is 0 Å². The van der Waals surface area contributed by atoms with Gasteiger partial charge < -0.3 is 4.90 Å². The van der Waals surface area contributed by atoms with Crippen LogP contribution < -0.4 is 10.5 Å². The SMILES string of the molecule is Cc1nccc(N2CCC(c3cc(=O)n4[nH]c(C)cc4n3)CC2)n1. The van der Waals surface area contributed by atoms with Gasteiger partial charge in [-0.3, -0.25) is 9.89 Å². The van der Waals surface area contributed by atoms with Gasteiger partial charge in [0.25, 0.3) is 5.56 Å². The van der Waals surface area contributed by atoms with Gasteiger partial charge in [0.15, 0.2) is 5.65 Å². The predicted octanol–water partition coefficient (Wildman–Crippen LogP) is 1.81. The van der Waals surface area contributed by atoms with Crippen LogP contribution in [-0.2, 0) is 0 Å². The van der Waals surface area contributed by atoms with Crippen LogP contribution in [0.5, 0.6) is 0 Å². The fourth-order valence-corrected chi connectivity index (χ4v) is 3.36. The zero-order chi connectivity index (χ0) is 16.7. The van der Waals surface area contributed by atoms with E-state index in [4.69, 9.17) is 0 Å². The quantitative estimate of drug-likeness (QED) is 0.778. The number of anilines is 1. The van der Waals surface area contributed by atoms with Crippen LogP contribution >= 0.6 is 0 Å². The maximum atomic E-state index is 12.2. The summed E-state index contributed by atoms with van der Waals surface area (Å²) in [7, 11) is 0. The first-order valence-electron chi connectivity index (χ1n) is 8.24. The van der Waals surface area contributed by atoms with Crippen molar-refractivity contribution in [1.29, 1.82) is 0 Å². The molecule has 0 radical (unpaired) electrons. The van der Waals surface area contributed by atoms with Crippen LogP contribution in [0.4, 0.5) is 5.82 Å². The fourth-order valence-electron chi connectivity index (χ4n) is 3.36. The van der Waals surface area contributed by atoms with Gasteiger partial charge in [-0.05, 0) is 32.8 Å². The van der Waals surface area contributed by atoms with Crippen LogP contribution in [0.15, 0.2) is 29.2 Å². The van der Waals surface area contributed by atoms with E-state index in [1.807, 2.05) is 26.0 Å². The number of H-pyrrole nitrogens is 1. The molecule has 4 rings (SSSR count). The van der Waals surface area contributed by atoms with E-state index in [2.05, 4.69) is 25.0 Å². The topological polar surface area (TPSA) is 79.2 Å². The number of nitrogens with zero attached hydrogens (tertiary/aromatic N) is 5. The number of piperidine rings is 1. The molecule has 0 saturated carbocycles. The lowest BCUT2D eigenvalue weighted by molar-refractivity contribution is 0.492. The number of hydrogen-bond acceptors (Lipinski definition) is 5. The Bertz CT molecular complexity index is 936.